The van der Waals surface area contributed by atoms with E-state index in [0.717, 1.165) is 0 Å². The van der Waals surface area contributed by atoms with Crippen LogP contribution in [0.4, 0.5) is 5.69 Å². The second-order valence-corrected chi connectivity index (χ2v) is 6.43. The fourth-order valence-corrected chi connectivity index (χ4v) is 2.63. The van der Waals surface area contributed by atoms with Gasteiger partial charge in [0.1, 0.15) is 6.10 Å². The molecule has 0 saturated carbocycles. The predicted molar refractivity (Wildman–Crippen MR) is 79.2 cm³/mol. The molecular formula is C15H16ClNO4. The Bertz CT molecular complexity index is 637. The predicted octanol–water partition coefficient (Wildman–Crippen LogP) is 3.60. The summed E-state index contributed by atoms with van der Waals surface area (Å²) in [5.41, 5.74) is -0.141. The SMILES string of the molecule is CC1(C)CC=C(C(O)c2cc(Cl)ccc2[N+](=O)[O-])C(=O)C1. The maximum Gasteiger partial charge on any atom is 0.275 e. The summed E-state index contributed by atoms with van der Waals surface area (Å²) in [7, 11) is 0. The molecule has 0 saturated heterocycles. The Hall–Kier alpha value is -1.72. The third kappa shape index (κ3) is 3.31. The molecule has 5 nitrogen and oxygen atoms in total. The van der Waals surface area contributed by atoms with Gasteiger partial charge in [0.05, 0.1) is 10.5 Å². The van der Waals surface area contributed by atoms with Gasteiger partial charge in [-0.15, -0.1) is 0 Å². The Kier molecular flexibility index (Phi) is 4.16. The third-order valence-electron chi connectivity index (χ3n) is 3.61. The van der Waals surface area contributed by atoms with Crippen LogP contribution in [0.3, 0.4) is 0 Å². The van der Waals surface area contributed by atoms with Crippen LogP contribution < -0.4 is 0 Å². The third-order valence-corrected chi connectivity index (χ3v) is 3.85. The van der Waals surface area contributed by atoms with Gasteiger partial charge >= 0.3 is 0 Å². The standard InChI is InChI=1S/C15H16ClNO4/c1-15(2)6-5-10(13(18)8-15)14(19)11-7-9(16)3-4-12(11)17(20)21/h3-5,7,14,19H,6,8H2,1-2H3. The van der Waals surface area contributed by atoms with Crippen molar-refractivity contribution in [3.05, 3.63) is 50.5 Å². The first kappa shape index (κ1) is 15.7. The number of Topliss-reactive ketones (excluding diaryl/α,β-unsaturated/α-hetero) is 1. The summed E-state index contributed by atoms with van der Waals surface area (Å²) in [6.07, 6.45) is 1.29. The van der Waals surface area contributed by atoms with Crippen molar-refractivity contribution in [3.63, 3.8) is 0 Å². The molecule has 1 aliphatic carbocycles. The van der Waals surface area contributed by atoms with Crippen LogP contribution in [0.5, 0.6) is 0 Å². The van der Waals surface area contributed by atoms with Gasteiger partial charge < -0.3 is 5.11 Å². The number of hydrogen-bond acceptors (Lipinski definition) is 4. The van der Waals surface area contributed by atoms with Gasteiger partial charge in [-0.1, -0.05) is 31.5 Å². The van der Waals surface area contributed by atoms with E-state index < -0.39 is 11.0 Å². The van der Waals surface area contributed by atoms with Crippen LogP contribution in [-0.4, -0.2) is 15.8 Å². The van der Waals surface area contributed by atoms with E-state index in [9.17, 15) is 20.0 Å². The number of nitrogens with zero attached hydrogens (tertiary/aromatic N) is 1. The molecule has 0 bridgehead atoms. The van der Waals surface area contributed by atoms with Gasteiger partial charge in [-0.25, -0.2) is 0 Å². The summed E-state index contributed by atoms with van der Waals surface area (Å²) in [6, 6.07) is 3.95. The molecule has 112 valence electrons. The average Bonchev–Trinajstić information content (AvgIpc) is 2.36. The number of rotatable bonds is 3. The molecule has 1 atom stereocenters. The summed E-state index contributed by atoms with van der Waals surface area (Å²) in [6.45, 7) is 3.93. The number of halogens is 1. The zero-order valence-corrected chi connectivity index (χ0v) is 12.6. The molecule has 0 aromatic heterocycles. The quantitative estimate of drug-likeness (QED) is 0.683. The molecule has 21 heavy (non-hydrogen) atoms. The van der Waals surface area contributed by atoms with E-state index in [4.69, 9.17) is 11.6 Å². The molecule has 0 heterocycles. The van der Waals surface area contributed by atoms with E-state index in [-0.39, 0.29) is 33.0 Å². The van der Waals surface area contributed by atoms with Crippen molar-refractivity contribution in [2.45, 2.75) is 32.8 Å². The van der Waals surface area contributed by atoms with Crippen molar-refractivity contribution >= 4 is 23.1 Å². The van der Waals surface area contributed by atoms with E-state index in [2.05, 4.69) is 0 Å². The number of nitro groups is 1. The van der Waals surface area contributed by atoms with Crippen molar-refractivity contribution in [3.8, 4) is 0 Å². The molecule has 1 aromatic rings. The van der Waals surface area contributed by atoms with Gasteiger partial charge in [-0.2, -0.15) is 0 Å². The number of aliphatic hydroxyl groups excluding tert-OH is 1. The van der Waals surface area contributed by atoms with Gasteiger partial charge in [-0.05, 0) is 24.0 Å². The average molecular weight is 310 g/mol. The van der Waals surface area contributed by atoms with Crippen molar-refractivity contribution in [2.24, 2.45) is 5.41 Å². The fourth-order valence-electron chi connectivity index (χ4n) is 2.45. The van der Waals surface area contributed by atoms with Crippen molar-refractivity contribution in [1.82, 2.24) is 0 Å². The molecule has 1 aliphatic rings. The van der Waals surface area contributed by atoms with Gasteiger partial charge in [0.2, 0.25) is 0 Å². The van der Waals surface area contributed by atoms with Crippen LogP contribution in [0, 0.1) is 15.5 Å². The van der Waals surface area contributed by atoms with Crippen LogP contribution in [0.25, 0.3) is 0 Å². The minimum absolute atomic E-state index is 0.0480. The number of carbonyl (C=O) groups excluding carboxylic acids is 1. The van der Waals surface area contributed by atoms with Crippen molar-refractivity contribution in [2.75, 3.05) is 0 Å². The molecule has 0 fully saturated rings. The van der Waals surface area contributed by atoms with E-state index in [1.165, 1.54) is 18.2 Å². The molecule has 2 rings (SSSR count). The van der Waals surface area contributed by atoms with E-state index in [1.54, 1.807) is 6.08 Å². The molecule has 1 unspecified atom stereocenters. The van der Waals surface area contributed by atoms with Crippen molar-refractivity contribution in [1.29, 1.82) is 0 Å². The molecule has 0 amide bonds. The molecule has 0 radical (unpaired) electrons. The lowest BCUT2D eigenvalue weighted by Crippen LogP contribution is -2.25. The lowest BCUT2D eigenvalue weighted by Gasteiger charge is -2.29. The first-order chi connectivity index (χ1) is 9.71. The number of allylic oxidation sites excluding steroid dienone is 1. The van der Waals surface area contributed by atoms with Gasteiger partial charge in [0, 0.05) is 23.1 Å². The van der Waals surface area contributed by atoms with Crippen LogP contribution in [0.15, 0.2) is 29.8 Å². The van der Waals surface area contributed by atoms with Crippen LogP contribution in [0.1, 0.15) is 38.4 Å². The van der Waals surface area contributed by atoms with E-state index in [0.29, 0.717) is 12.8 Å². The molecule has 0 aliphatic heterocycles. The summed E-state index contributed by atoms with van der Waals surface area (Å²) in [5, 5.41) is 21.7. The first-order valence-corrected chi connectivity index (χ1v) is 6.94. The first-order valence-electron chi connectivity index (χ1n) is 6.56. The zero-order chi connectivity index (χ0) is 15.8. The van der Waals surface area contributed by atoms with Crippen LogP contribution in [0.2, 0.25) is 5.02 Å². The molecule has 0 spiro atoms. The number of aliphatic hydroxyl groups is 1. The van der Waals surface area contributed by atoms with E-state index in [1.807, 2.05) is 13.8 Å². The maximum absolute atomic E-state index is 12.2. The lowest BCUT2D eigenvalue weighted by atomic mass is 9.76. The van der Waals surface area contributed by atoms with Gasteiger partial charge in [0.15, 0.2) is 5.78 Å². The topological polar surface area (TPSA) is 80.4 Å². The summed E-state index contributed by atoms with van der Waals surface area (Å²) < 4.78 is 0. The largest absolute Gasteiger partial charge is 0.383 e. The highest BCUT2D eigenvalue weighted by Gasteiger charge is 2.33. The highest BCUT2D eigenvalue weighted by Crippen LogP contribution is 2.39. The smallest absolute Gasteiger partial charge is 0.275 e. The minimum Gasteiger partial charge on any atom is -0.383 e. The van der Waals surface area contributed by atoms with Crippen LogP contribution in [-0.2, 0) is 4.79 Å². The van der Waals surface area contributed by atoms with Crippen molar-refractivity contribution < 1.29 is 14.8 Å². The minimum atomic E-state index is -1.33. The number of ketones is 1. The summed E-state index contributed by atoms with van der Waals surface area (Å²) in [4.78, 5) is 22.6. The Morgan fingerprint density at radius 2 is 2.10 bits per heavy atom. The lowest BCUT2D eigenvalue weighted by molar-refractivity contribution is -0.386. The normalized spacial score (nSPS) is 19.0. The molecular weight excluding hydrogens is 294 g/mol. The second-order valence-electron chi connectivity index (χ2n) is 5.99. The Morgan fingerprint density at radius 3 is 2.67 bits per heavy atom. The number of hydrogen-bond donors (Lipinski definition) is 1. The summed E-state index contributed by atoms with van der Waals surface area (Å²) >= 11 is 5.85. The monoisotopic (exact) mass is 309 g/mol. The number of carbonyl (C=O) groups is 1. The number of benzene rings is 1. The van der Waals surface area contributed by atoms with Gasteiger partial charge in [-0.3, -0.25) is 14.9 Å². The maximum atomic E-state index is 12.2. The molecule has 1 N–H and O–H groups in total. The van der Waals surface area contributed by atoms with Gasteiger partial charge in [0.25, 0.3) is 5.69 Å². The summed E-state index contributed by atoms with van der Waals surface area (Å²) in [5.74, 6) is -0.187. The second kappa shape index (κ2) is 5.58. The molecule has 6 heteroatoms. The van der Waals surface area contributed by atoms with Crippen LogP contribution >= 0.6 is 11.6 Å². The Labute approximate surface area is 127 Å². The molecule has 1 aromatic carbocycles. The fraction of sp³-hybridized carbons (Fsp3) is 0.400. The zero-order valence-electron chi connectivity index (χ0n) is 11.8. The van der Waals surface area contributed by atoms with E-state index >= 15 is 0 Å². The Morgan fingerprint density at radius 1 is 1.43 bits per heavy atom. The highest BCUT2D eigenvalue weighted by atomic mass is 35.5. The number of nitro benzene ring substituents is 1. The highest BCUT2D eigenvalue weighted by molar-refractivity contribution is 6.30. The Balaban J connectivity index is 2.43.